The van der Waals surface area contributed by atoms with Gasteiger partial charge in [0.15, 0.2) is 17.5 Å². The van der Waals surface area contributed by atoms with Crippen LogP contribution < -0.4 is 0 Å². The van der Waals surface area contributed by atoms with Crippen molar-refractivity contribution in [3.05, 3.63) is 35.1 Å². The van der Waals surface area contributed by atoms with Gasteiger partial charge >= 0.3 is 0 Å². The van der Waals surface area contributed by atoms with Crippen molar-refractivity contribution in [2.24, 2.45) is 17.8 Å². The van der Waals surface area contributed by atoms with E-state index in [0.717, 1.165) is 43.4 Å². The van der Waals surface area contributed by atoms with Crippen LogP contribution in [0.25, 0.3) is 0 Å². The molecule has 0 radical (unpaired) electrons. The molecule has 0 aliphatic heterocycles. The lowest BCUT2D eigenvalue weighted by Gasteiger charge is -2.43. The van der Waals surface area contributed by atoms with Crippen LogP contribution in [0.15, 0.2) is 12.1 Å². The molecule has 0 bridgehead atoms. The highest BCUT2D eigenvalue weighted by atomic mass is 19.2. The van der Waals surface area contributed by atoms with E-state index in [1.807, 2.05) is 0 Å². The van der Waals surface area contributed by atoms with E-state index >= 15 is 0 Å². The Morgan fingerprint density at radius 1 is 0.909 bits per heavy atom. The monoisotopic (exact) mass is 310 g/mol. The van der Waals surface area contributed by atoms with Crippen molar-refractivity contribution in [1.82, 2.24) is 0 Å². The minimum atomic E-state index is -1.35. The second kappa shape index (κ2) is 6.64. The molecule has 0 nitrogen and oxygen atoms in total. The van der Waals surface area contributed by atoms with E-state index < -0.39 is 17.5 Å². The molecule has 0 spiro atoms. The summed E-state index contributed by atoms with van der Waals surface area (Å²) in [5.41, 5.74) is 0.632. The molecule has 0 amide bonds. The number of hydrogen-bond acceptors (Lipinski definition) is 0. The standard InChI is InChI=1S/C19H25F3/c1-2-3-12-8-15(9-12)13-4-6-14(7-5-13)16-10-17(20)19(22)18(21)11-16/h10-15H,2-9H2,1H3. The van der Waals surface area contributed by atoms with E-state index in [0.29, 0.717) is 5.56 Å². The molecule has 2 aliphatic carbocycles. The smallest absolute Gasteiger partial charge is 0.194 e. The number of rotatable bonds is 4. The molecule has 2 aliphatic rings. The van der Waals surface area contributed by atoms with Crippen LogP contribution in [-0.4, -0.2) is 0 Å². The zero-order chi connectivity index (χ0) is 15.7. The summed E-state index contributed by atoms with van der Waals surface area (Å²) in [5, 5.41) is 0. The quantitative estimate of drug-likeness (QED) is 0.580. The van der Waals surface area contributed by atoms with Gasteiger partial charge in [0.2, 0.25) is 0 Å². The maximum Gasteiger partial charge on any atom is 0.194 e. The van der Waals surface area contributed by atoms with Crippen LogP contribution in [0.3, 0.4) is 0 Å². The third-order valence-electron chi connectivity index (χ3n) is 5.89. The summed E-state index contributed by atoms with van der Waals surface area (Å²) >= 11 is 0. The van der Waals surface area contributed by atoms with E-state index in [4.69, 9.17) is 0 Å². The fourth-order valence-electron chi connectivity index (χ4n) is 4.55. The summed E-state index contributed by atoms with van der Waals surface area (Å²) in [7, 11) is 0. The third kappa shape index (κ3) is 3.18. The Balaban J connectivity index is 1.54. The molecule has 0 atom stereocenters. The first kappa shape index (κ1) is 15.9. The average molecular weight is 310 g/mol. The maximum absolute atomic E-state index is 13.4. The molecule has 1 aromatic rings. The Kier molecular flexibility index (Phi) is 4.79. The van der Waals surface area contributed by atoms with Crippen LogP contribution in [0.1, 0.15) is 69.8 Å². The highest BCUT2D eigenvalue weighted by Gasteiger charge is 2.36. The molecule has 1 aromatic carbocycles. The van der Waals surface area contributed by atoms with Gasteiger partial charge in [-0.25, -0.2) is 13.2 Å². The number of benzene rings is 1. The molecular formula is C19H25F3. The van der Waals surface area contributed by atoms with Crippen LogP contribution in [0, 0.1) is 35.2 Å². The molecular weight excluding hydrogens is 285 g/mol. The summed E-state index contributed by atoms with van der Waals surface area (Å²) in [6, 6.07) is 2.37. The molecule has 2 saturated carbocycles. The minimum Gasteiger partial charge on any atom is -0.204 e. The molecule has 2 fully saturated rings. The van der Waals surface area contributed by atoms with Gasteiger partial charge in [-0.05, 0) is 79.9 Å². The van der Waals surface area contributed by atoms with E-state index in [1.54, 1.807) is 0 Å². The fourth-order valence-corrected chi connectivity index (χ4v) is 4.55. The Labute approximate surface area is 131 Å². The van der Waals surface area contributed by atoms with Crippen LogP contribution in [0.4, 0.5) is 13.2 Å². The minimum absolute atomic E-state index is 0.187. The van der Waals surface area contributed by atoms with Gasteiger partial charge in [-0.15, -0.1) is 0 Å². The maximum atomic E-state index is 13.4. The molecule has 122 valence electrons. The Morgan fingerprint density at radius 3 is 2.05 bits per heavy atom. The van der Waals surface area contributed by atoms with Gasteiger partial charge in [0, 0.05) is 0 Å². The van der Waals surface area contributed by atoms with Gasteiger partial charge in [0.05, 0.1) is 0 Å². The molecule has 3 rings (SSSR count). The summed E-state index contributed by atoms with van der Waals surface area (Å²) in [6.45, 7) is 2.25. The van der Waals surface area contributed by atoms with Gasteiger partial charge < -0.3 is 0 Å². The predicted molar refractivity (Wildman–Crippen MR) is 82.1 cm³/mol. The van der Waals surface area contributed by atoms with Gasteiger partial charge in [-0.2, -0.15) is 0 Å². The highest BCUT2D eigenvalue weighted by molar-refractivity contribution is 5.23. The second-order valence-corrected chi connectivity index (χ2v) is 7.30. The lowest BCUT2D eigenvalue weighted by Crippen LogP contribution is -2.32. The zero-order valence-corrected chi connectivity index (χ0v) is 13.3. The lowest BCUT2D eigenvalue weighted by atomic mass is 9.62. The molecule has 0 aromatic heterocycles. The highest BCUT2D eigenvalue weighted by Crippen LogP contribution is 2.48. The first-order valence-corrected chi connectivity index (χ1v) is 8.72. The van der Waals surface area contributed by atoms with Crippen molar-refractivity contribution >= 4 is 0 Å². The van der Waals surface area contributed by atoms with Crippen LogP contribution in [0.2, 0.25) is 0 Å². The van der Waals surface area contributed by atoms with E-state index in [-0.39, 0.29) is 5.92 Å². The first-order chi connectivity index (χ1) is 10.6. The topological polar surface area (TPSA) is 0 Å². The van der Waals surface area contributed by atoms with Crippen molar-refractivity contribution in [1.29, 1.82) is 0 Å². The number of hydrogen-bond donors (Lipinski definition) is 0. The van der Waals surface area contributed by atoms with E-state index in [1.165, 1.54) is 37.8 Å². The summed E-state index contributed by atoms with van der Waals surface area (Å²) < 4.78 is 39.8. The van der Waals surface area contributed by atoms with Crippen molar-refractivity contribution in [3.63, 3.8) is 0 Å². The van der Waals surface area contributed by atoms with Gasteiger partial charge in [-0.3, -0.25) is 0 Å². The van der Waals surface area contributed by atoms with Gasteiger partial charge in [0.1, 0.15) is 0 Å². The molecule has 0 heterocycles. The van der Waals surface area contributed by atoms with Crippen molar-refractivity contribution in [3.8, 4) is 0 Å². The zero-order valence-electron chi connectivity index (χ0n) is 13.3. The molecule has 3 heteroatoms. The summed E-state index contributed by atoms with van der Waals surface area (Å²) in [4.78, 5) is 0. The Bertz CT molecular complexity index is 488. The van der Waals surface area contributed by atoms with Gasteiger partial charge in [-0.1, -0.05) is 19.8 Å². The Hall–Kier alpha value is -0.990. The largest absolute Gasteiger partial charge is 0.204 e. The average Bonchev–Trinajstić information content (AvgIpc) is 2.48. The number of halogens is 3. The normalized spacial score (nSPS) is 31.8. The molecule has 22 heavy (non-hydrogen) atoms. The fraction of sp³-hybridized carbons (Fsp3) is 0.684. The van der Waals surface area contributed by atoms with Crippen LogP contribution >= 0.6 is 0 Å². The molecule has 0 saturated heterocycles. The Morgan fingerprint density at radius 2 is 1.50 bits per heavy atom. The van der Waals surface area contributed by atoms with Crippen LogP contribution in [-0.2, 0) is 0 Å². The van der Waals surface area contributed by atoms with E-state index in [2.05, 4.69) is 6.92 Å². The summed E-state index contributed by atoms with van der Waals surface area (Å²) in [6.07, 6.45) is 9.65. The van der Waals surface area contributed by atoms with Crippen molar-refractivity contribution in [2.45, 2.75) is 64.2 Å². The van der Waals surface area contributed by atoms with Gasteiger partial charge in [0.25, 0.3) is 0 Å². The molecule has 0 unspecified atom stereocenters. The third-order valence-corrected chi connectivity index (χ3v) is 5.89. The first-order valence-electron chi connectivity index (χ1n) is 8.72. The van der Waals surface area contributed by atoms with Crippen molar-refractivity contribution in [2.75, 3.05) is 0 Å². The predicted octanol–water partition coefficient (Wildman–Crippen LogP) is 6.20. The van der Waals surface area contributed by atoms with Crippen molar-refractivity contribution < 1.29 is 13.2 Å². The summed E-state index contributed by atoms with van der Waals surface area (Å²) in [5.74, 6) is -0.676. The molecule has 0 N–H and O–H groups in total. The lowest BCUT2D eigenvalue weighted by molar-refractivity contribution is 0.0877. The SMILES string of the molecule is CCCC1CC(C2CCC(c3cc(F)c(F)c(F)c3)CC2)C1. The second-order valence-electron chi connectivity index (χ2n) is 7.30. The van der Waals surface area contributed by atoms with E-state index in [9.17, 15) is 13.2 Å². The van der Waals surface area contributed by atoms with Crippen LogP contribution in [0.5, 0.6) is 0 Å².